The molecular formula is C25H28FN3O. The van der Waals surface area contributed by atoms with Crippen LogP contribution >= 0.6 is 0 Å². The van der Waals surface area contributed by atoms with Crippen molar-refractivity contribution in [2.75, 3.05) is 17.3 Å². The van der Waals surface area contributed by atoms with Gasteiger partial charge in [0.25, 0.3) is 5.91 Å². The number of nitriles is 1. The molecule has 1 N–H and O–H groups in total. The number of nitrogens with zero attached hydrogens (tertiary/aromatic N) is 2. The van der Waals surface area contributed by atoms with Crippen molar-refractivity contribution >= 4 is 23.4 Å². The van der Waals surface area contributed by atoms with Gasteiger partial charge in [0.05, 0.1) is 0 Å². The summed E-state index contributed by atoms with van der Waals surface area (Å²) in [4.78, 5) is 14.7. The van der Waals surface area contributed by atoms with Crippen LogP contribution in [0.3, 0.4) is 0 Å². The van der Waals surface area contributed by atoms with Gasteiger partial charge in [-0.05, 0) is 75.4 Å². The summed E-state index contributed by atoms with van der Waals surface area (Å²) >= 11 is 0. The highest BCUT2D eigenvalue weighted by molar-refractivity contribution is 6.10. The zero-order valence-corrected chi connectivity index (χ0v) is 18.4. The molecule has 30 heavy (non-hydrogen) atoms. The molecule has 0 fully saturated rings. The van der Waals surface area contributed by atoms with Gasteiger partial charge >= 0.3 is 0 Å². The first-order valence-electron chi connectivity index (χ1n) is 10.1. The van der Waals surface area contributed by atoms with Gasteiger partial charge in [-0.25, -0.2) is 4.39 Å². The molecule has 1 atom stereocenters. The molecular weight excluding hydrogens is 377 g/mol. The van der Waals surface area contributed by atoms with Crippen molar-refractivity contribution in [1.29, 1.82) is 5.26 Å². The first-order chi connectivity index (χ1) is 14.0. The summed E-state index contributed by atoms with van der Waals surface area (Å²) < 4.78 is 14.9. The number of carbonyl (C=O) groups is 1. The summed E-state index contributed by atoms with van der Waals surface area (Å²) in [5.74, 6) is -0.751. The summed E-state index contributed by atoms with van der Waals surface area (Å²) in [6.07, 6.45) is 2.27. The number of nitrogens with one attached hydrogen (secondary N) is 1. The van der Waals surface area contributed by atoms with Crippen LogP contribution in [0.25, 0.3) is 6.08 Å². The van der Waals surface area contributed by atoms with Gasteiger partial charge in [0.15, 0.2) is 0 Å². The molecule has 1 heterocycles. The minimum absolute atomic E-state index is 0.0696. The normalized spacial score (nSPS) is 17.9. The van der Waals surface area contributed by atoms with Crippen molar-refractivity contribution in [2.45, 2.75) is 52.5 Å². The van der Waals surface area contributed by atoms with E-state index in [0.29, 0.717) is 5.69 Å². The van der Waals surface area contributed by atoms with Crippen molar-refractivity contribution < 1.29 is 9.18 Å². The third-order valence-corrected chi connectivity index (χ3v) is 6.05. The van der Waals surface area contributed by atoms with Gasteiger partial charge in [-0.2, -0.15) is 5.26 Å². The highest BCUT2D eigenvalue weighted by Gasteiger charge is 2.34. The second kappa shape index (κ2) is 7.95. The Morgan fingerprint density at radius 2 is 2.00 bits per heavy atom. The number of halogens is 1. The Morgan fingerprint density at radius 1 is 1.30 bits per heavy atom. The monoisotopic (exact) mass is 405 g/mol. The van der Waals surface area contributed by atoms with Crippen LogP contribution in [0.5, 0.6) is 0 Å². The van der Waals surface area contributed by atoms with E-state index in [1.54, 1.807) is 12.1 Å². The Balaban J connectivity index is 1.96. The minimum atomic E-state index is -0.548. The maximum absolute atomic E-state index is 14.9. The Labute approximate surface area is 178 Å². The first-order valence-corrected chi connectivity index (χ1v) is 10.1. The molecule has 156 valence electrons. The number of benzene rings is 2. The van der Waals surface area contributed by atoms with Crippen LogP contribution in [0.2, 0.25) is 0 Å². The number of aryl methyl sites for hydroxylation is 2. The van der Waals surface area contributed by atoms with Crippen LogP contribution in [-0.2, 0) is 4.79 Å². The van der Waals surface area contributed by atoms with E-state index < -0.39 is 11.7 Å². The average Bonchev–Trinajstić information content (AvgIpc) is 2.66. The summed E-state index contributed by atoms with van der Waals surface area (Å²) in [6.45, 7) is 10.3. The number of anilines is 2. The third-order valence-electron chi connectivity index (χ3n) is 6.05. The molecule has 0 saturated carbocycles. The van der Waals surface area contributed by atoms with E-state index in [9.17, 15) is 14.4 Å². The number of hydrogen-bond acceptors (Lipinski definition) is 3. The maximum atomic E-state index is 14.9. The number of hydrogen-bond donors (Lipinski definition) is 1. The Bertz CT molecular complexity index is 1080. The lowest BCUT2D eigenvalue weighted by molar-refractivity contribution is -0.112. The van der Waals surface area contributed by atoms with Crippen molar-refractivity contribution in [2.24, 2.45) is 0 Å². The van der Waals surface area contributed by atoms with E-state index in [-0.39, 0.29) is 22.6 Å². The summed E-state index contributed by atoms with van der Waals surface area (Å²) in [7, 11) is 1.97. The topological polar surface area (TPSA) is 56.1 Å². The molecule has 5 heteroatoms. The SMILES string of the molecule is Cc1ccc(NC(=O)/C(C#N)=C/c2cc3c(cc2F)N(C)C(C)(C)CC3C)c(C)c1. The summed E-state index contributed by atoms with van der Waals surface area (Å²) in [6, 6.07) is 10.8. The van der Waals surface area contributed by atoms with Crippen molar-refractivity contribution in [3.63, 3.8) is 0 Å². The van der Waals surface area contributed by atoms with Crippen LogP contribution in [0.1, 0.15) is 55.4 Å². The summed E-state index contributed by atoms with van der Waals surface area (Å²) in [5, 5.41) is 12.3. The van der Waals surface area contributed by atoms with E-state index in [4.69, 9.17) is 0 Å². The van der Waals surface area contributed by atoms with Gasteiger partial charge in [-0.3, -0.25) is 4.79 Å². The van der Waals surface area contributed by atoms with Gasteiger partial charge in [0.2, 0.25) is 0 Å². The minimum Gasteiger partial charge on any atom is -0.369 e. The number of fused-ring (bicyclic) bond motifs is 1. The van der Waals surface area contributed by atoms with E-state index in [1.807, 2.05) is 39.1 Å². The fraction of sp³-hybridized carbons (Fsp3) is 0.360. The molecule has 2 aromatic rings. The Hall–Kier alpha value is -3.13. The van der Waals surface area contributed by atoms with Crippen LogP contribution in [-0.4, -0.2) is 18.5 Å². The molecule has 1 unspecified atom stereocenters. The highest BCUT2D eigenvalue weighted by atomic mass is 19.1. The van der Waals surface area contributed by atoms with E-state index in [0.717, 1.165) is 28.8 Å². The number of carbonyl (C=O) groups excluding carboxylic acids is 1. The molecule has 0 aromatic heterocycles. The van der Waals surface area contributed by atoms with Crippen molar-refractivity contribution in [3.05, 3.63) is 64.0 Å². The van der Waals surface area contributed by atoms with E-state index >= 15 is 0 Å². The number of amides is 1. The molecule has 3 rings (SSSR count). The lowest BCUT2D eigenvalue weighted by atomic mass is 9.80. The van der Waals surface area contributed by atoms with Crippen molar-refractivity contribution in [3.8, 4) is 6.07 Å². The van der Waals surface area contributed by atoms with Crippen LogP contribution in [0.15, 0.2) is 35.9 Å². The summed E-state index contributed by atoms with van der Waals surface area (Å²) in [5.41, 5.74) is 4.55. The molecule has 0 bridgehead atoms. The predicted molar refractivity (Wildman–Crippen MR) is 120 cm³/mol. The molecule has 1 aliphatic rings. The molecule has 0 radical (unpaired) electrons. The van der Waals surface area contributed by atoms with Gasteiger partial charge in [0, 0.05) is 29.5 Å². The predicted octanol–water partition coefficient (Wildman–Crippen LogP) is 5.71. The lowest BCUT2D eigenvalue weighted by Gasteiger charge is -2.45. The standard InChI is InChI=1S/C25H28FN3O/c1-15-7-8-22(16(2)9-15)28-24(30)19(14-27)10-18-11-20-17(3)13-25(4,5)29(6)23(20)12-21(18)26/h7-12,17H,13H2,1-6H3,(H,28,30)/b19-10+. The van der Waals surface area contributed by atoms with Gasteiger partial charge < -0.3 is 10.2 Å². The van der Waals surface area contributed by atoms with E-state index in [2.05, 4.69) is 31.0 Å². The van der Waals surface area contributed by atoms with Crippen LogP contribution in [0, 0.1) is 31.0 Å². The lowest BCUT2D eigenvalue weighted by Crippen LogP contribution is -2.45. The largest absolute Gasteiger partial charge is 0.369 e. The quantitative estimate of drug-likeness (QED) is 0.526. The molecule has 0 saturated heterocycles. The smallest absolute Gasteiger partial charge is 0.266 e. The third kappa shape index (κ3) is 4.09. The molecule has 2 aromatic carbocycles. The Morgan fingerprint density at radius 3 is 2.63 bits per heavy atom. The zero-order chi connectivity index (χ0) is 22.2. The fourth-order valence-electron chi connectivity index (χ4n) is 4.16. The molecule has 0 spiro atoms. The van der Waals surface area contributed by atoms with Gasteiger partial charge in [-0.15, -0.1) is 0 Å². The first kappa shape index (κ1) is 21.6. The van der Waals surface area contributed by atoms with Crippen molar-refractivity contribution in [1.82, 2.24) is 0 Å². The van der Waals surface area contributed by atoms with Gasteiger partial charge in [0.1, 0.15) is 17.5 Å². The molecule has 4 nitrogen and oxygen atoms in total. The second-order valence-corrected chi connectivity index (χ2v) is 8.85. The molecule has 1 amide bonds. The molecule has 1 aliphatic heterocycles. The van der Waals surface area contributed by atoms with Crippen LogP contribution < -0.4 is 10.2 Å². The zero-order valence-electron chi connectivity index (χ0n) is 18.4. The number of rotatable bonds is 3. The maximum Gasteiger partial charge on any atom is 0.266 e. The fourth-order valence-corrected chi connectivity index (χ4v) is 4.16. The van der Waals surface area contributed by atoms with Gasteiger partial charge in [-0.1, -0.05) is 24.6 Å². The molecule has 0 aliphatic carbocycles. The second-order valence-electron chi connectivity index (χ2n) is 8.85. The van der Waals surface area contributed by atoms with Crippen LogP contribution in [0.4, 0.5) is 15.8 Å². The average molecular weight is 406 g/mol. The Kier molecular flexibility index (Phi) is 5.72. The van der Waals surface area contributed by atoms with E-state index in [1.165, 1.54) is 12.1 Å². The highest BCUT2D eigenvalue weighted by Crippen LogP contribution is 2.43.